The van der Waals surface area contributed by atoms with Gasteiger partial charge in [-0.3, -0.25) is 9.59 Å². The Morgan fingerprint density at radius 2 is 1.92 bits per heavy atom. The summed E-state index contributed by atoms with van der Waals surface area (Å²) in [5.74, 6) is -0.0172. The van der Waals surface area contributed by atoms with Crippen molar-refractivity contribution in [1.29, 1.82) is 0 Å². The number of carbonyl (C=O) groups excluding carboxylic acids is 2. The van der Waals surface area contributed by atoms with Crippen molar-refractivity contribution >= 4 is 22.5 Å². The summed E-state index contributed by atoms with van der Waals surface area (Å²) >= 11 is 0. The lowest BCUT2D eigenvalue weighted by molar-refractivity contribution is 0.0945. The second kappa shape index (κ2) is 6.20. The van der Waals surface area contributed by atoms with Gasteiger partial charge in [0.05, 0.1) is 0 Å². The standard InChI is InChI=1S/C21H20N2O2/c1-13-19-17(7-4-8-18(19)24)23-20(13)21(25)22-12-14-9-10-15-5-2-3-6-16(15)11-14/h2-3,5-6,9-11,23H,4,7-8,12H2,1H3,(H,22,25). The number of benzene rings is 2. The minimum atomic E-state index is -0.159. The molecule has 0 radical (unpaired) electrons. The van der Waals surface area contributed by atoms with Gasteiger partial charge in [0.25, 0.3) is 5.91 Å². The second-order valence-electron chi connectivity index (χ2n) is 6.62. The summed E-state index contributed by atoms with van der Waals surface area (Å²) in [4.78, 5) is 27.8. The van der Waals surface area contributed by atoms with Crippen LogP contribution in [-0.4, -0.2) is 16.7 Å². The van der Waals surface area contributed by atoms with E-state index in [0.717, 1.165) is 40.6 Å². The van der Waals surface area contributed by atoms with Crippen LogP contribution in [0.25, 0.3) is 10.8 Å². The number of aryl methyl sites for hydroxylation is 1. The van der Waals surface area contributed by atoms with Crippen LogP contribution in [0.4, 0.5) is 0 Å². The minimum Gasteiger partial charge on any atom is -0.354 e. The first-order valence-corrected chi connectivity index (χ1v) is 8.64. The number of Topliss-reactive ketones (excluding diaryl/α,β-unsaturated/α-hetero) is 1. The van der Waals surface area contributed by atoms with Gasteiger partial charge in [-0.25, -0.2) is 0 Å². The number of aromatic amines is 1. The molecule has 4 rings (SSSR count). The van der Waals surface area contributed by atoms with Gasteiger partial charge in [-0.1, -0.05) is 36.4 Å². The number of rotatable bonds is 3. The average molecular weight is 332 g/mol. The van der Waals surface area contributed by atoms with Crippen LogP contribution >= 0.6 is 0 Å². The Morgan fingerprint density at radius 3 is 2.72 bits per heavy atom. The van der Waals surface area contributed by atoms with Crippen molar-refractivity contribution in [3.8, 4) is 0 Å². The van der Waals surface area contributed by atoms with E-state index in [9.17, 15) is 9.59 Å². The fraction of sp³-hybridized carbons (Fsp3) is 0.238. The topological polar surface area (TPSA) is 62.0 Å². The van der Waals surface area contributed by atoms with Crippen molar-refractivity contribution in [2.24, 2.45) is 0 Å². The molecule has 0 aliphatic heterocycles. The van der Waals surface area contributed by atoms with Gasteiger partial charge in [-0.15, -0.1) is 0 Å². The summed E-state index contributed by atoms with van der Waals surface area (Å²) < 4.78 is 0. The van der Waals surface area contributed by atoms with Crippen molar-refractivity contribution in [2.45, 2.75) is 32.7 Å². The zero-order valence-corrected chi connectivity index (χ0v) is 14.2. The van der Waals surface area contributed by atoms with Gasteiger partial charge in [0.1, 0.15) is 5.69 Å². The molecule has 1 heterocycles. The van der Waals surface area contributed by atoms with Gasteiger partial charge >= 0.3 is 0 Å². The average Bonchev–Trinajstić information content (AvgIpc) is 2.97. The van der Waals surface area contributed by atoms with Crippen LogP contribution in [0.1, 0.15) is 50.5 Å². The van der Waals surface area contributed by atoms with E-state index in [0.29, 0.717) is 18.7 Å². The summed E-state index contributed by atoms with van der Waals surface area (Å²) in [6, 6.07) is 14.3. The Kier molecular flexibility index (Phi) is 3.88. The van der Waals surface area contributed by atoms with Crippen molar-refractivity contribution in [1.82, 2.24) is 10.3 Å². The summed E-state index contributed by atoms with van der Waals surface area (Å²) in [6.07, 6.45) is 2.26. The highest BCUT2D eigenvalue weighted by Gasteiger charge is 2.26. The van der Waals surface area contributed by atoms with Gasteiger partial charge in [0.2, 0.25) is 0 Å². The SMILES string of the molecule is Cc1c(C(=O)NCc2ccc3ccccc3c2)[nH]c2c1C(=O)CCC2. The molecule has 0 saturated carbocycles. The zero-order valence-electron chi connectivity index (χ0n) is 14.2. The first kappa shape index (κ1) is 15.6. The molecule has 0 saturated heterocycles. The van der Waals surface area contributed by atoms with E-state index in [1.165, 1.54) is 5.39 Å². The Labute approximate surface area is 146 Å². The summed E-state index contributed by atoms with van der Waals surface area (Å²) in [7, 11) is 0. The number of H-pyrrole nitrogens is 1. The highest BCUT2D eigenvalue weighted by atomic mass is 16.2. The fourth-order valence-electron chi connectivity index (χ4n) is 3.62. The molecule has 0 spiro atoms. The Hall–Kier alpha value is -2.88. The van der Waals surface area contributed by atoms with E-state index in [4.69, 9.17) is 0 Å². The second-order valence-corrected chi connectivity index (χ2v) is 6.62. The molecule has 0 atom stereocenters. The van der Waals surface area contributed by atoms with Crippen molar-refractivity contribution in [3.05, 3.63) is 70.5 Å². The van der Waals surface area contributed by atoms with Gasteiger partial charge in [0, 0.05) is 24.2 Å². The van der Waals surface area contributed by atoms with Gasteiger partial charge in [-0.05, 0) is 47.7 Å². The molecule has 4 heteroatoms. The number of hydrogen-bond donors (Lipinski definition) is 2. The number of carbonyl (C=O) groups is 2. The quantitative estimate of drug-likeness (QED) is 0.763. The highest BCUT2D eigenvalue weighted by Crippen LogP contribution is 2.26. The molecule has 0 unspecified atom stereocenters. The van der Waals surface area contributed by atoms with Crippen molar-refractivity contribution in [2.75, 3.05) is 0 Å². The largest absolute Gasteiger partial charge is 0.354 e. The molecule has 3 aromatic rings. The first-order chi connectivity index (χ1) is 12.1. The van der Waals surface area contributed by atoms with Crippen LogP contribution in [0.5, 0.6) is 0 Å². The fourth-order valence-corrected chi connectivity index (χ4v) is 3.62. The third kappa shape index (κ3) is 2.84. The van der Waals surface area contributed by atoms with Crippen LogP contribution in [-0.2, 0) is 13.0 Å². The van der Waals surface area contributed by atoms with E-state index >= 15 is 0 Å². The maximum Gasteiger partial charge on any atom is 0.268 e. The summed E-state index contributed by atoms with van der Waals surface area (Å²) in [5, 5.41) is 5.31. The van der Waals surface area contributed by atoms with Crippen LogP contribution in [0.2, 0.25) is 0 Å². The maximum atomic E-state index is 12.6. The zero-order chi connectivity index (χ0) is 17.4. The first-order valence-electron chi connectivity index (χ1n) is 8.64. The third-order valence-electron chi connectivity index (χ3n) is 4.93. The molecule has 2 aromatic carbocycles. The predicted octanol–water partition coefficient (Wildman–Crippen LogP) is 3.93. The highest BCUT2D eigenvalue weighted by molar-refractivity contribution is 6.04. The summed E-state index contributed by atoms with van der Waals surface area (Å²) in [5.41, 5.74) is 3.97. The van der Waals surface area contributed by atoms with Crippen LogP contribution in [0, 0.1) is 6.92 Å². The molecule has 1 aliphatic carbocycles. The van der Waals surface area contributed by atoms with E-state index in [2.05, 4.69) is 34.6 Å². The van der Waals surface area contributed by atoms with Crippen molar-refractivity contribution in [3.63, 3.8) is 0 Å². The maximum absolute atomic E-state index is 12.6. The number of hydrogen-bond acceptors (Lipinski definition) is 2. The molecule has 1 aliphatic rings. The number of nitrogens with one attached hydrogen (secondary N) is 2. The predicted molar refractivity (Wildman–Crippen MR) is 97.9 cm³/mol. The van der Waals surface area contributed by atoms with Gasteiger partial charge < -0.3 is 10.3 Å². The molecule has 0 fully saturated rings. The molecular weight excluding hydrogens is 312 g/mol. The van der Waals surface area contributed by atoms with E-state index in [1.54, 1.807) is 0 Å². The molecule has 1 amide bonds. The van der Waals surface area contributed by atoms with Gasteiger partial charge in [0.15, 0.2) is 5.78 Å². The molecule has 4 nitrogen and oxygen atoms in total. The Bertz CT molecular complexity index is 985. The van der Waals surface area contributed by atoms with Crippen LogP contribution < -0.4 is 5.32 Å². The number of fused-ring (bicyclic) bond motifs is 2. The lowest BCUT2D eigenvalue weighted by atomic mass is 9.94. The van der Waals surface area contributed by atoms with E-state index < -0.39 is 0 Å². The molecular formula is C21H20N2O2. The summed E-state index contributed by atoms with van der Waals surface area (Å²) in [6.45, 7) is 2.31. The third-order valence-corrected chi connectivity index (χ3v) is 4.93. The molecule has 1 aromatic heterocycles. The molecule has 126 valence electrons. The van der Waals surface area contributed by atoms with E-state index in [1.807, 2.05) is 25.1 Å². The Balaban J connectivity index is 1.53. The molecule has 2 N–H and O–H groups in total. The van der Waals surface area contributed by atoms with Crippen molar-refractivity contribution < 1.29 is 9.59 Å². The number of ketones is 1. The lowest BCUT2D eigenvalue weighted by Gasteiger charge is -2.09. The normalized spacial score (nSPS) is 13.7. The molecule has 25 heavy (non-hydrogen) atoms. The Morgan fingerprint density at radius 1 is 1.12 bits per heavy atom. The minimum absolute atomic E-state index is 0.142. The monoisotopic (exact) mass is 332 g/mol. The smallest absolute Gasteiger partial charge is 0.268 e. The van der Waals surface area contributed by atoms with E-state index in [-0.39, 0.29) is 11.7 Å². The van der Waals surface area contributed by atoms with Gasteiger partial charge in [-0.2, -0.15) is 0 Å². The number of aromatic nitrogens is 1. The number of amides is 1. The van der Waals surface area contributed by atoms with Crippen LogP contribution in [0.15, 0.2) is 42.5 Å². The lowest BCUT2D eigenvalue weighted by Crippen LogP contribution is -2.24. The molecule has 0 bridgehead atoms. The van der Waals surface area contributed by atoms with Crippen LogP contribution in [0.3, 0.4) is 0 Å².